The quantitative estimate of drug-likeness (QED) is 0.643. The zero-order valence-corrected chi connectivity index (χ0v) is 10.6. The second-order valence-corrected chi connectivity index (χ2v) is 5.10. The molecule has 1 unspecified atom stereocenters. The molecule has 0 heterocycles. The van der Waals surface area contributed by atoms with Gasteiger partial charge in [-0.05, 0) is 37.8 Å². The highest BCUT2D eigenvalue weighted by Gasteiger charge is 2.25. The molecule has 0 aromatic heterocycles. The average molecular weight is 252 g/mol. The van der Waals surface area contributed by atoms with Crippen LogP contribution in [0.4, 0.5) is 15.8 Å². The Hall–Kier alpha value is -1.65. The lowest BCUT2D eigenvalue weighted by molar-refractivity contribution is -0.384. The van der Waals surface area contributed by atoms with Crippen LogP contribution in [0, 0.1) is 28.8 Å². The molecule has 1 N–H and O–H groups in total. The maximum atomic E-state index is 13.3. The predicted molar refractivity (Wildman–Crippen MR) is 68.2 cm³/mol. The first-order valence-electron chi connectivity index (χ1n) is 6.18. The molecule has 5 heteroatoms. The molecule has 1 saturated carbocycles. The highest BCUT2D eigenvalue weighted by Crippen LogP contribution is 2.35. The maximum Gasteiger partial charge on any atom is 0.295 e. The number of nitro benzene ring substituents is 1. The Labute approximate surface area is 105 Å². The number of nitro groups is 1. The van der Waals surface area contributed by atoms with Crippen LogP contribution in [-0.4, -0.2) is 11.0 Å². The summed E-state index contributed by atoms with van der Waals surface area (Å²) < 4.78 is 13.3. The minimum Gasteiger partial charge on any atom is -0.377 e. The molecule has 0 radical (unpaired) electrons. The highest BCUT2D eigenvalue weighted by atomic mass is 19.1. The molecular weight excluding hydrogens is 235 g/mol. The van der Waals surface area contributed by atoms with E-state index in [-0.39, 0.29) is 11.7 Å². The molecule has 1 aliphatic rings. The molecular formula is C13H17FN2O2. The summed E-state index contributed by atoms with van der Waals surface area (Å²) in [6, 6.07) is 2.67. The number of hydrogen-bond donors (Lipinski definition) is 1. The van der Waals surface area contributed by atoms with E-state index in [0.717, 1.165) is 18.4 Å². The smallest absolute Gasteiger partial charge is 0.295 e. The largest absolute Gasteiger partial charge is 0.377 e. The van der Waals surface area contributed by atoms with Crippen LogP contribution in [0.2, 0.25) is 0 Å². The van der Waals surface area contributed by atoms with Crippen LogP contribution in [0.5, 0.6) is 0 Å². The van der Waals surface area contributed by atoms with Crippen molar-refractivity contribution >= 4 is 11.4 Å². The molecule has 1 atom stereocenters. The van der Waals surface area contributed by atoms with Gasteiger partial charge in [0.2, 0.25) is 0 Å². The van der Waals surface area contributed by atoms with Gasteiger partial charge in [-0.3, -0.25) is 10.1 Å². The van der Waals surface area contributed by atoms with Gasteiger partial charge in [-0.15, -0.1) is 0 Å². The van der Waals surface area contributed by atoms with E-state index in [1.54, 1.807) is 6.92 Å². The molecule has 98 valence electrons. The van der Waals surface area contributed by atoms with Crippen LogP contribution in [0.15, 0.2) is 12.1 Å². The first-order valence-corrected chi connectivity index (χ1v) is 6.18. The molecule has 0 bridgehead atoms. The lowest BCUT2D eigenvalue weighted by atomic mass is 10.1. The van der Waals surface area contributed by atoms with Gasteiger partial charge < -0.3 is 5.32 Å². The molecule has 0 spiro atoms. The number of nitrogens with zero attached hydrogens (tertiary/aromatic N) is 1. The van der Waals surface area contributed by atoms with Crippen molar-refractivity contribution in [2.45, 2.75) is 39.2 Å². The van der Waals surface area contributed by atoms with E-state index in [4.69, 9.17) is 0 Å². The highest BCUT2D eigenvalue weighted by molar-refractivity contribution is 5.63. The van der Waals surface area contributed by atoms with E-state index in [9.17, 15) is 14.5 Å². The van der Waals surface area contributed by atoms with Crippen molar-refractivity contribution in [3.05, 3.63) is 33.6 Å². The van der Waals surface area contributed by atoms with Crippen LogP contribution in [0.25, 0.3) is 0 Å². The van der Waals surface area contributed by atoms with Crippen LogP contribution >= 0.6 is 0 Å². The van der Waals surface area contributed by atoms with E-state index in [1.165, 1.54) is 18.9 Å². The number of anilines is 1. The molecule has 1 aromatic rings. The monoisotopic (exact) mass is 252 g/mol. The molecule has 1 fully saturated rings. The topological polar surface area (TPSA) is 55.2 Å². The fraction of sp³-hybridized carbons (Fsp3) is 0.538. The molecule has 0 aliphatic heterocycles. The standard InChI is InChI=1S/C13H17FN2O2/c1-8-5-12(13(16(17)18)7-11(8)14)15-9(2)6-10-3-4-10/h5,7,9-10,15H,3-4,6H2,1-2H3. The number of aryl methyl sites for hydroxylation is 1. The third kappa shape index (κ3) is 2.97. The van der Waals surface area contributed by atoms with E-state index < -0.39 is 10.7 Å². The van der Waals surface area contributed by atoms with Gasteiger partial charge in [-0.25, -0.2) is 4.39 Å². The van der Waals surface area contributed by atoms with Crippen molar-refractivity contribution in [1.82, 2.24) is 0 Å². The summed E-state index contributed by atoms with van der Waals surface area (Å²) in [6.07, 6.45) is 3.50. The van der Waals surface area contributed by atoms with Gasteiger partial charge in [-0.1, -0.05) is 12.8 Å². The minimum atomic E-state index is -0.547. The van der Waals surface area contributed by atoms with Gasteiger partial charge >= 0.3 is 0 Å². The van der Waals surface area contributed by atoms with Gasteiger partial charge in [0.15, 0.2) is 0 Å². The van der Waals surface area contributed by atoms with Gasteiger partial charge in [0.05, 0.1) is 11.0 Å². The first kappa shape index (κ1) is 12.8. The minimum absolute atomic E-state index is 0.168. The van der Waals surface area contributed by atoms with Crippen molar-refractivity contribution in [1.29, 1.82) is 0 Å². The number of nitrogens with one attached hydrogen (secondary N) is 1. The average Bonchev–Trinajstić information content (AvgIpc) is 3.06. The summed E-state index contributed by atoms with van der Waals surface area (Å²) in [7, 11) is 0. The Morgan fingerprint density at radius 3 is 2.78 bits per heavy atom. The molecule has 1 aromatic carbocycles. The summed E-state index contributed by atoms with van der Waals surface area (Å²) in [5, 5.41) is 14.0. The van der Waals surface area contributed by atoms with Crippen molar-refractivity contribution in [2.75, 3.05) is 5.32 Å². The Kier molecular flexibility index (Phi) is 3.50. The van der Waals surface area contributed by atoms with Crippen LogP contribution in [0.3, 0.4) is 0 Å². The van der Waals surface area contributed by atoms with Crippen LogP contribution in [-0.2, 0) is 0 Å². The normalized spacial score (nSPS) is 16.4. The lowest BCUT2D eigenvalue weighted by Gasteiger charge is -2.15. The fourth-order valence-corrected chi connectivity index (χ4v) is 2.12. The SMILES string of the molecule is Cc1cc(NC(C)CC2CC2)c([N+](=O)[O-])cc1F. The zero-order valence-electron chi connectivity index (χ0n) is 10.6. The zero-order chi connectivity index (χ0) is 13.3. The van der Waals surface area contributed by atoms with Crippen molar-refractivity contribution in [2.24, 2.45) is 5.92 Å². The number of benzene rings is 1. The molecule has 0 amide bonds. The van der Waals surface area contributed by atoms with Gasteiger partial charge in [0.1, 0.15) is 11.5 Å². The third-order valence-corrected chi connectivity index (χ3v) is 3.26. The van der Waals surface area contributed by atoms with E-state index >= 15 is 0 Å². The number of halogens is 1. The second kappa shape index (κ2) is 4.92. The van der Waals surface area contributed by atoms with E-state index in [1.807, 2.05) is 6.92 Å². The summed E-state index contributed by atoms with van der Waals surface area (Å²) in [4.78, 5) is 10.4. The lowest BCUT2D eigenvalue weighted by Crippen LogP contribution is -2.17. The number of hydrogen-bond acceptors (Lipinski definition) is 3. The maximum absolute atomic E-state index is 13.3. The Bertz CT molecular complexity index is 472. The first-order chi connectivity index (χ1) is 8.47. The van der Waals surface area contributed by atoms with Crippen LogP contribution in [0.1, 0.15) is 31.7 Å². The number of rotatable bonds is 5. The molecule has 0 saturated heterocycles. The molecule has 1 aliphatic carbocycles. The van der Waals surface area contributed by atoms with Crippen molar-refractivity contribution < 1.29 is 9.31 Å². The third-order valence-electron chi connectivity index (χ3n) is 3.26. The molecule has 18 heavy (non-hydrogen) atoms. The van der Waals surface area contributed by atoms with E-state index in [2.05, 4.69) is 5.32 Å². The molecule has 2 rings (SSSR count). The summed E-state index contributed by atoms with van der Waals surface area (Å²) in [6.45, 7) is 3.61. The second-order valence-electron chi connectivity index (χ2n) is 5.10. The summed E-state index contributed by atoms with van der Waals surface area (Å²) in [5.41, 5.74) is 0.634. The molecule has 4 nitrogen and oxygen atoms in total. The van der Waals surface area contributed by atoms with Gasteiger partial charge in [0.25, 0.3) is 5.69 Å². The Morgan fingerprint density at radius 2 is 2.22 bits per heavy atom. The van der Waals surface area contributed by atoms with Gasteiger partial charge in [-0.2, -0.15) is 0 Å². The summed E-state index contributed by atoms with van der Waals surface area (Å²) in [5.74, 6) is 0.204. The Morgan fingerprint density at radius 1 is 1.56 bits per heavy atom. The van der Waals surface area contributed by atoms with Crippen molar-refractivity contribution in [3.63, 3.8) is 0 Å². The predicted octanol–water partition coefficient (Wildman–Crippen LogP) is 3.64. The summed E-state index contributed by atoms with van der Waals surface area (Å²) >= 11 is 0. The van der Waals surface area contributed by atoms with Crippen LogP contribution < -0.4 is 5.32 Å². The van der Waals surface area contributed by atoms with Gasteiger partial charge in [0, 0.05) is 6.04 Å². The fourth-order valence-electron chi connectivity index (χ4n) is 2.12. The van der Waals surface area contributed by atoms with Crippen molar-refractivity contribution in [3.8, 4) is 0 Å². The van der Waals surface area contributed by atoms with E-state index in [0.29, 0.717) is 11.3 Å². The Balaban J connectivity index is 2.18.